The van der Waals surface area contributed by atoms with E-state index in [-0.39, 0.29) is 23.7 Å². The van der Waals surface area contributed by atoms with E-state index in [9.17, 15) is 18.5 Å². The van der Waals surface area contributed by atoms with Gasteiger partial charge in [0.05, 0.1) is 23.0 Å². The molecular weight excluding hydrogens is 436 g/mol. The van der Waals surface area contributed by atoms with Crippen LogP contribution in [0.25, 0.3) is 0 Å². The Labute approximate surface area is 186 Å². The second-order valence-corrected chi connectivity index (χ2v) is 9.80. The Morgan fingerprint density at radius 2 is 1.66 bits per heavy atom. The van der Waals surface area contributed by atoms with Crippen LogP contribution in [0.5, 0.6) is 0 Å². The minimum atomic E-state index is -3.83. The van der Waals surface area contributed by atoms with Crippen LogP contribution >= 0.6 is 0 Å². The Hall–Kier alpha value is -2.83. The van der Waals surface area contributed by atoms with Crippen molar-refractivity contribution in [2.45, 2.75) is 18.7 Å². The molecule has 1 aromatic carbocycles. The van der Waals surface area contributed by atoms with E-state index >= 15 is 0 Å². The van der Waals surface area contributed by atoms with Gasteiger partial charge in [-0.25, -0.2) is 13.4 Å². The second kappa shape index (κ2) is 8.96. The van der Waals surface area contributed by atoms with Crippen molar-refractivity contribution in [1.29, 1.82) is 0 Å². The Morgan fingerprint density at radius 1 is 0.969 bits per heavy atom. The maximum Gasteiger partial charge on any atom is 0.273 e. The molecule has 0 amide bonds. The summed E-state index contributed by atoms with van der Waals surface area (Å²) in [6.45, 7) is 7.70. The van der Waals surface area contributed by atoms with Crippen molar-refractivity contribution in [2.75, 3.05) is 62.3 Å². The number of benzene rings is 1. The number of nitro groups is 1. The Kier molecular flexibility index (Phi) is 6.26. The standard InChI is InChI=1S/C20H26N6O5S/c1-15-3-4-17(14-18(15)26(27)28)32(29,30)25-7-5-24(6-8-25)20-21-16(2)13-19(22-20)23-9-11-31-12-10-23/h3-4,13-14H,5-12H2,1-2H3. The van der Waals surface area contributed by atoms with Gasteiger partial charge in [-0.2, -0.15) is 9.29 Å². The van der Waals surface area contributed by atoms with Gasteiger partial charge in [0, 0.05) is 62.7 Å². The molecule has 0 atom stereocenters. The highest BCUT2D eigenvalue weighted by molar-refractivity contribution is 7.89. The number of anilines is 2. The van der Waals surface area contributed by atoms with Gasteiger partial charge in [0.25, 0.3) is 5.69 Å². The molecule has 11 nitrogen and oxygen atoms in total. The van der Waals surface area contributed by atoms with Gasteiger partial charge in [0.1, 0.15) is 5.82 Å². The average Bonchev–Trinajstić information content (AvgIpc) is 2.79. The van der Waals surface area contributed by atoms with Crippen LogP contribution in [0.3, 0.4) is 0 Å². The fourth-order valence-corrected chi connectivity index (χ4v) is 5.30. The lowest BCUT2D eigenvalue weighted by Crippen LogP contribution is -2.49. The molecule has 0 unspecified atom stereocenters. The van der Waals surface area contributed by atoms with Gasteiger partial charge in [0.2, 0.25) is 16.0 Å². The molecule has 1 aromatic heterocycles. The molecule has 0 aliphatic carbocycles. The number of aryl methyl sites for hydroxylation is 2. The van der Waals surface area contributed by atoms with Crippen molar-refractivity contribution < 1.29 is 18.1 Å². The summed E-state index contributed by atoms with van der Waals surface area (Å²) < 4.78 is 32.9. The van der Waals surface area contributed by atoms with Crippen LogP contribution < -0.4 is 9.80 Å². The summed E-state index contributed by atoms with van der Waals surface area (Å²) in [6.07, 6.45) is 0. The van der Waals surface area contributed by atoms with Crippen LogP contribution in [0.15, 0.2) is 29.2 Å². The molecule has 0 bridgehead atoms. The van der Waals surface area contributed by atoms with Crippen LogP contribution in [-0.4, -0.2) is 80.1 Å². The molecule has 32 heavy (non-hydrogen) atoms. The number of morpholine rings is 1. The molecule has 4 rings (SSSR count). The molecule has 0 spiro atoms. The third kappa shape index (κ3) is 4.52. The summed E-state index contributed by atoms with van der Waals surface area (Å²) in [5, 5.41) is 11.2. The number of hydrogen-bond acceptors (Lipinski definition) is 9. The van der Waals surface area contributed by atoms with Gasteiger partial charge >= 0.3 is 0 Å². The Morgan fingerprint density at radius 3 is 2.31 bits per heavy atom. The maximum absolute atomic E-state index is 13.1. The highest BCUT2D eigenvalue weighted by atomic mass is 32.2. The molecule has 3 heterocycles. The van der Waals surface area contributed by atoms with Gasteiger partial charge in [0.15, 0.2) is 0 Å². The first-order chi connectivity index (χ1) is 15.3. The van der Waals surface area contributed by atoms with Gasteiger partial charge < -0.3 is 14.5 Å². The van der Waals surface area contributed by atoms with Gasteiger partial charge in [-0.3, -0.25) is 10.1 Å². The van der Waals surface area contributed by atoms with E-state index in [0.717, 1.165) is 30.7 Å². The SMILES string of the molecule is Cc1cc(N2CCOCC2)nc(N2CCN(S(=O)(=O)c3ccc(C)c([N+](=O)[O-])c3)CC2)n1. The lowest BCUT2D eigenvalue weighted by molar-refractivity contribution is -0.385. The quantitative estimate of drug-likeness (QED) is 0.478. The van der Waals surface area contributed by atoms with Gasteiger partial charge in [-0.05, 0) is 19.9 Å². The van der Waals surface area contributed by atoms with E-state index in [1.165, 1.54) is 16.4 Å². The van der Waals surface area contributed by atoms with E-state index in [1.807, 2.05) is 17.9 Å². The normalized spacial score (nSPS) is 18.1. The van der Waals surface area contributed by atoms with Crippen LogP contribution in [0.1, 0.15) is 11.3 Å². The predicted octanol–water partition coefficient (Wildman–Crippen LogP) is 1.35. The molecule has 0 radical (unpaired) electrons. The fraction of sp³-hybridized carbons (Fsp3) is 0.500. The smallest absolute Gasteiger partial charge is 0.273 e. The van der Waals surface area contributed by atoms with E-state index < -0.39 is 14.9 Å². The summed E-state index contributed by atoms with van der Waals surface area (Å²) in [5.74, 6) is 1.42. The van der Waals surface area contributed by atoms with E-state index in [1.54, 1.807) is 6.92 Å². The molecule has 2 aliphatic rings. The first-order valence-electron chi connectivity index (χ1n) is 10.4. The number of piperazine rings is 1. The van der Waals surface area contributed by atoms with Gasteiger partial charge in [-0.15, -0.1) is 0 Å². The lowest BCUT2D eigenvalue weighted by atomic mass is 10.2. The van der Waals surface area contributed by atoms with Gasteiger partial charge in [-0.1, -0.05) is 6.07 Å². The largest absolute Gasteiger partial charge is 0.378 e. The summed E-state index contributed by atoms with van der Waals surface area (Å²) in [4.78, 5) is 24.0. The number of nitrogens with zero attached hydrogens (tertiary/aromatic N) is 6. The molecule has 2 fully saturated rings. The second-order valence-electron chi connectivity index (χ2n) is 7.86. The zero-order chi connectivity index (χ0) is 22.9. The van der Waals surface area contributed by atoms with Crippen LogP contribution in [0.4, 0.5) is 17.5 Å². The lowest BCUT2D eigenvalue weighted by Gasteiger charge is -2.35. The minimum Gasteiger partial charge on any atom is -0.378 e. The van der Waals surface area contributed by atoms with E-state index in [0.29, 0.717) is 37.8 Å². The third-order valence-corrected chi connectivity index (χ3v) is 7.60. The zero-order valence-corrected chi connectivity index (χ0v) is 18.9. The zero-order valence-electron chi connectivity index (χ0n) is 18.1. The third-order valence-electron chi connectivity index (χ3n) is 5.70. The number of ether oxygens (including phenoxy) is 1. The predicted molar refractivity (Wildman–Crippen MR) is 119 cm³/mol. The van der Waals surface area contributed by atoms with Crippen LogP contribution in [-0.2, 0) is 14.8 Å². The van der Waals surface area contributed by atoms with Crippen molar-refractivity contribution >= 4 is 27.5 Å². The Balaban J connectivity index is 1.49. The monoisotopic (exact) mass is 462 g/mol. The van der Waals surface area contributed by atoms with E-state index in [2.05, 4.69) is 9.88 Å². The molecule has 0 saturated carbocycles. The molecular formula is C20H26N6O5S. The summed E-state index contributed by atoms with van der Waals surface area (Å²) in [5.41, 5.74) is 1.07. The molecule has 2 saturated heterocycles. The Bertz CT molecular complexity index is 1110. The van der Waals surface area contributed by atoms with Crippen LogP contribution in [0, 0.1) is 24.0 Å². The summed E-state index contributed by atoms with van der Waals surface area (Å²) >= 11 is 0. The highest BCUT2D eigenvalue weighted by Gasteiger charge is 2.31. The number of aromatic nitrogens is 2. The van der Waals surface area contributed by atoms with Crippen LogP contribution in [0.2, 0.25) is 0 Å². The van der Waals surface area contributed by atoms with Crippen molar-refractivity contribution in [1.82, 2.24) is 14.3 Å². The number of hydrogen-bond donors (Lipinski definition) is 0. The van der Waals surface area contributed by atoms with Crippen molar-refractivity contribution in [3.8, 4) is 0 Å². The van der Waals surface area contributed by atoms with Crippen molar-refractivity contribution in [3.63, 3.8) is 0 Å². The average molecular weight is 463 g/mol. The van der Waals surface area contributed by atoms with Crippen molar-refractivity contribution in [3.05, 3.63) is 45.6 Å². The fourth-order valence-electron chi connectivity index (χ4n) is 3.86. The number of nitro benzene ring substituents is 1. The topological polar surface area (TPSA) is 122 Å². The first kappa shape index (κ1) is 22.4. The molecule has 12 heteroatoms. The number of sulfonamides is 1. The first-order valence-corrected chi connectivity index (χ1v) is 11.9. The van der Waals surface area contributed by atoms with Crippen molar-refractivity contribution in [2.24, 2.45) is 0 Å². The maximum atomic E-state index is 13.1. The highest BCUT2D eigenvalue weighted by Crippen LogP contribution is 2.26. The molecule has 172 valence electrons. The van der Waals surface area contributed by atoms with E-state index in [4.69, 9.17) is 9.72 Å². The minimum absolute atomic E-state index is 0.0651. The molecule has 2 aliphatic heterocycles. The molecule has 0 N–H and O–H groups in total. The molecule has 2 aromatic rings. The summed E-state index contributed by atoms with van der Waals surface area (Å²) in [7, 11) is -3.83. The number of rotatable bonds is 5. The summed E-state index contributed by atoms with van der Waals surface area (Å²) in [6, 6.07) is 5.96.